The maximum atomic E-state index is 12.5. The Labute approximate surface area is 163 Å². The molecule has 0 unspecified atom stereocenters. The Balaban J connectivity index is 1.47. The number of amides is 1. The lowest BCUT2D eigenvalue weighted by Gasteiger charge is -2.31. The molecule has 138 valence electrons. The molecule has 5 heteroatoms. The second-order valence-corrected chi connectivity index (χ2v) is 7.54. The van der Waals surface area contributed by atoms with E-state index in [-0.39, 0.29) is 11.8 Å². The first-order valence-electron chi connectivity index (χ1n) is 9.14. The van der Waals surface area contributed by atoms with Crippen LogP contribution in [0, 0.1) is 5.92 Å². The molecule has 4 nitrogen and oxygen atoms in total. The molecular formula is C21H25BrN2O2. The molecular weight excluding hydrogens is 392 g/mol. The summed E-state index contributed by atoms with van der Waals surface area (Å²) in [7, 11) is 0. The summed E-state index contributed by atoms with van der Waals surface area (Å²) in [5, 5.41) is 3.03. The molecule has 1 fully saturated rings. The van der Waals surface area contributed by atoms with E-state index in [0.717, 1.165) is 48.4 Å². The van der Waals surface area contributed by atoms with Gasteiger partial charge in [0.25, 0.3) is 0 Å². The molecule has 2 aromatic rings. The lowest BCUT2D eigenvalue weighted by Crippen LogP contribution is -2.37. The summed E-state index contributed by atoms with van der Waals surface area (Å²) in [6.07, 6.45) is 1.80. The Hall–Kier alpha value is -1.85. The SMILES string of the molecule is CCOc1ccc(NC(=O)C2CCN(Cc3cccc(Br)c3)CC2)cc1. The van der Waals surface area contributed by atoms with E-state index in [2.05, 4.69) is 44.3 Å². The highest BCUT2D eigenvalue weighted by molar-refractivity contribution is 9.10. The number of piperidine rings is 1. The number of nitrogens with one attached hydrogen (secondary N) is 1. The van der Waals surface area contributed by atoms with E-state index < -0.39 is 0 Å². The number of ether oxygens (including phenoxy) is 1. The zero-order valence-electron chi connectivity index (χ0n) is 15.1. The molecule has 1 N–H and O–H groups in total. The van der Waals surface area contributed by atoms with Crippen molar-refractivity contribution in [2.24, 2.45) is 5.92 Å². The molecule has 0 bridgehead atoms. The molecule has 1 heterocycles. The molecule has 3 rings (SSSR count). The van der Waals surface area contributed by atoms with Crippen LogP contribution in [0.2, 0.25) is 0 Å². The van der Waals surface area contributed by atoms with Crippen molar-refractivity contribution in [2.45, 2.75) is 26.3 Å². The van der Waals surface area contributed by atoms with Crippen molar-refractivity contribution in [3.63, 3.8) is 0 Å². The Morgan fingerprint density at radius 3 is 2.58 bits per heavy atom. The van der Waals surface area contributed by atoms with Crippen molar-refractivity contribution in [1.82, 2.24) is 4.90 Å². The molecule has 0 radical (unpaired) electrons. The van der Waals surface area contributed by atoms with Crippen LogP contribution in [0.25, 0.3) is 0 Å². The number of hydrogen-bond acceptors (Lipinski definition) is 3. The van der Waals surface area contributed by atoms with Gasteiger partial charge in [0.05, 0.1) is 6.61 Å². The minimum Gasteiger partial charge on any atom is -0.494 e. The normalized spacial score (nSPS) is 15.6. The highest BCUT2D eigenvalue weighted by atomic mass is 79.9. The third kappa shape index (κ3) is 5.32. The van der Waals surface area contributed by atoms with Crippen LogP contribution in [0.1, 0.15) is 25.3 Å². The third-order valence-corrected chi connectivity index (χ3v) is 5.18. The number of rotatable bonds is 6. The molecule has 2 aromatic carbocycles. The van der Waals surface area contributed by atoms with Gasteiger partial charge in [-0.1, -0.05) is 28.1 Å². The largest absolute Gasteiger partial charge is 0.494 e. The van der Waals surface area contributed by atoms with Crippen molar-refractivity contribution >= 4 is 27.5 Å². The van der Waals surface area contributed by atoms with Gasteiger partial charge in [-0.05, 0) is 74.8 Å². The first-order valence-corrected chi connectivity index (χ1v) is 9.94. The van der Waals surface area contributed by atoms with Gasteiger partial charge in [-0.2, -0.15) is 0 Å². The number of likely N-dealkylation sites (tertiary alicyclic amines) is 1. The predicted molar refractivity (Wildman–Crippen MR) is 108 cm³/mol. The van der Waals surface area contributed by atoms with Gasteiger partial charge in [0.2, 0.25) is 5.91 Å². The van der Waals surface area contributed by atoms with Gasteiger partial charge in [0.15, 0.2) is 0 Å². The lowest BCUT2D eigenvalue weighted by molar-refractivity contribution is -0.121. The number of hydrogen-bond donors (Lipinski definition) is 1. The molecule has 0 atom stereocenters. The Bertz CT molecular complexity index is 725. The molecule has 1 aliphatic rings. The van der Waals surface area contributed by atoms with Crippen molar-refractivity contribution in [3.05, 3.63) is 58.6 Å². The quantitative estimate of drug-likeness (QED) is 0.741. The smallest absolute Gasteiger partial charge is 0.227 e. The lowest BCUT2D eigenvalue weighted by atomic mass is 9.95. The van der Waals surface area contributed by atoms with Crippen molar-refractivity contribution in [1.29, 1.82) is 0 Å². The monoisotopic (exact) mass is 416 g/mol. The fourth-order valence-electron chi connectivity index (χ4n) is 3.29. The van der Waals surface area contributed by atoms with Crippen LogP contribution in [0.5, 0.6) is 5.75 Å². The van der Waals surface area contributed by atoms with E-state index in [1.165, 1.54) is 5.56 Å². The van der Waals surface area contributed by atoms with Crippen molar-refractivity contribution in [2.75, 3.05) is 25.0 Å². The third-order valence-electron chi connectivity index (χ3n) is 4.69. The fourth-order valence-corrected chi connectivity index (χ4v) is 3.74. The average molecular weight is 417 g/mol. The summed E-state index contributed by atoms with van der Waals surface area (Å²) in [6.45, 7) is 5.44. The van der Waals surface area contributed by atoms with Gasteiger partial charge in [0.1, 0.15) is 5.75 Å². The summed E-state index contributed by atoms with van der Waals surface area (Å²) in [5.41, 5.74) is 2.13. The van der Waals surface area contributed by atoms with Crippen LogP contribution in [0.4, 0.5) is 5.69 Å². The molecule has 1 amide bonds. The van der Waals surface area contributed by atoms with E-state index in [1.54, 1.807) is 0 Å². The van der Waals surface area contributed by atoms with Crippen LogP contribution < -0.4 is 10.1 Å². The first-order chi connectivity index (χ1) is 12.6. The Morgan fingerprint density at radius 1 is 1.19 bits per heavy atom. The molecule has 1 saturated heterocycles. The number of benzene rings is 2. The van der Waals surface area contributed by atoms with Gasteiger partial charge < -0.3 is 10.1 Å². The van der Waals surface area contributed by atoms with E-state index in [1.807, 2.05) is 37.3 Å². The zero-order chi connectivity index (χ0) is 18.4. The van der Waals surface area contributed by atoms with E-state index in [9.17, 15) is 4.79 Å². The maximum Gasteiger partial charge on any atom is 0.227 e. The number of halogens is 1. The molecule has 0 aromatic heterocycles. The molecule has 0 aliphatic carbocycles. The van der Waals surface area contributed by atoms with E-state index in [4.69, 9.17) is 4.74 Å². The highest BCUT2D eigenvalue weighted by Gasteiger charge is 2.25. The zero-order valence-corrected chi connectivity index (χ0v) is 16.7. The van der Waals surface area contributed by atoms with Gasteiger partial charge >= 0.3 is 0 Å². The fraction of sp³-hybridized carbons (Fsp3) is 0.381. The average Bonchev–Trinajstić information content (AvgIpc) is 2.64. The van der Waals surface area contributed by atoms with Crippen LogP contribution in [-0.2, 0) is 11.3 Å². The minimum atomic E-state index is 0.0836. The standard InChI is InChI=1S/C21H25BrN2O2/c1-2-26-20-8-6-19(7-9-20)23-21(25)17-10-12-24(13-11-17)15-16-4-3-5-18(22)14-16/h3-9,14,17H,2,10-13,15H2,1H3,(H,23,25). The molecule has 1 aliphatic heterocycles. The summed E-state index contributed by atoms with van der Waals surface area (Å²) < 4.78 is 6.54. The van der Waals surface area contributed by atoms with Crippen LogP contribution in [-0.4, -0.2) is 30.5 Å². The topological polar surface area (TPSA) is 41.6 Å². The van der Waals surface area contributed by atoms with E-state index in [0.29, 0.717) is 6.61 Å². The van der Waals surface area contributed by atoms with Crippen LogP contribution in [0.3, 0.4) is 0 Å². The summed E-state index contributed by atoms with van der Waals surface area (Å²) in [4.78, 5) is 14.9. The van der Waals surface area contributed by atoms with E-state index >= 15 is 0 Å². The molecule has 26 heavy (non-hydrogen) atoms. The van der Waals surface area contributed by atoms with Crippen molar-refractivity contribution < 1.29 is 9.53 Å². The maximum absolute atomic E-state index is 12.5. The van der Waals surface area contributed by atoms with Gasteiger partial charge in [-0.3, -0.25) is 9.69 Å². The Morgan fingerprint density at radius 2 is 1.92 bits per heavy atom. The van der Waals surface area contributed by atoms with Gasteiger partial charge in [0, 0.05) is 22.6 Å². The van der Waals surface area contributed by atoms with Crippen LogP contribution in [0.15, 0.2) is 53.0 Å². The second kappa shape index (κ2) is 9.19. The van der Waals surface area contributed by atoms with Gasteiger partial charge in [-0.25, -0.2) is 0 Å². The molecule has 0 spiro atoms. The number of carbonyl (C=O) groups is 1. The first kappa shape index (κ1) is 18.9. The number of nitrogens with zero attached hydrogens (tertiary/aromatic N) is 1. The number of carbonyl (C=O) groups excluding carboxylic acids is 1. The minimum absolute atomic E-state index is 0.0836. The molecule has 0 saturated carbocycles. The van der Waals surface area contributed by atoms with Crippen LogP contribution >= 0.6 is 15.9 Å². The van der Waals surface area contributed by atoms with Crippen molar-refractivity contribution in [3.8, 4) is 5.75 Å². The second-order valence-electron chi connectivity index (χ2n) is 6.63. The summed E-state index contributed by atoms with van der Waals surface area (Å²) >= 11 is 3.52. The van der Waals surface area contributed by atoms with Gasteiger partial charge in [-0.15, -0.1) is 0 Å². The summed E-state index contributed by atoms with van der Waals surface area (Å²) in [5.74, 6) is 1.03. The number of anilines is 1. The highest BCUT2D eigenvalue weighted by Crippen LogP contribution is 2.23. The predicted octanol–water partition coefficient (Wildman–Crippen LogP) is 4.70. The summed E-state index contributed by atoms with van der Waals surface area (Å²) in [6, 6.07) is 16.0. The Kier molecular flexibility index (Phi) is 6.69.